The minimum absolute atomic E-state index is 0.0667. The molecule has 0 aromatic heterocycles. The maximum Gasteiger partial charge on any atom is 0.147 e. The number of nitrogens with zero attached hydrogens (tertiary/aromatic N) is 1. The SMILES string of the molecule is CCN(c1ccccc1F)c1ccc(C(C)NC)cc1F. The number of nitrogens with one attached hydrogen (secondary N) is 1. The first-order chi connectivity index (χ1) is 10.1. The van der Waals surface area contributed by atoms with E-state index in [1.165, 1.54) is 12.1 Å². The standard InChI is InChI=1S/C17H20F2N2/c1-4-21(16-8-6-5-7-14(16)18)17-10-9-13(11-15(17)19)12(2)20-3/h5-12,20H,4H2,1-3H3. The highest BCUT2D eigenvalue weighted by Crippen LogP contribution is 2.31. The summed E-state index contributed by atoms with van der Waals surface area (Å²) in [6.45, 7) is 4.32. The Morgan fingerprint density at radius 2 is 1.71 bits per heavy atom. The number of benzene rings is 2. The van der Waals surface area contributed by atoms with Gasteiger partial charge in [0.15, 0.2) is 0 Å². The van der Waals surface area contributed by atoms with Crippen LogP contribution in [-0.4, -0.2) is 13.6 Å². The van der Waals surface area contributed by atoms with Gasteiger partial charge in [0.25, 0.3) is 0 Å². The van der Waals surface area contributed by atoms with E-state index in [9.17, 15) is 8.78 Å². The Hall–Kier alpha value is -1.94. The first-order valence-electron chi connectivity index (χ1n) is 7.07. The molecule has 0 heterocycles. The summed E-state index contributed by atoms with van der Waals surface area (Å²) in [5.74, 6) is -0.703. The van der Waals surface area contributed by atoms with Gasteiger partial charge in [0.05, 0.1) is 11.4 Å². The third-order valence-corrected chi connectivity index (χ3v) is 3.66. The maximum absolute atomic E-state index is 14.4. The van der Waals surface area contributed by atoms with Gasteiger partial charge in [-0.3, -0.25) is 0 Å². The van der Waals surface area contributed by atoms with E-state index in [2.05, 4.69) is 5.32 Å². The molecule has 0 bridgehead atoms. The lowest BCUT2D eigenvalue weighted by Gasteiger charge is -2.25. The van der Waals surface area contributed by atoms with Crippen molar-refractivity contribution in [1.82, 2.24) is 5.32 Å². The van der Waals surface area contributed by atoms with Crippen LogP contribution in [0.15, 0.2) is 42.5 Å². The topological polar surface area (TPSA) is 15.3 Å². The van der Waals surface area contributed by atoms with Crippen molar-refractivity contribution >= 4 is 11.4 Å². The molecule has 4 heteroatoms. The molecule has 0 radical (unpaired) electrons. The van der Waals surface area contributed by atoms with Crippen molar-refractivity contribution in [2.24, 2.45) is 0 Å². The monoisotopic (exact) mass is 290 g/mol. The van der Waals surface area contributed by atoms with Gasteiger partial charge in [0.1, 0.15) is 11.6 Å². The largest absolute Gasteiger partial charge is 0.337 e. The summed E-state index contributed by atoms with van der Waals surface area (Å²) in [6.07, 6.45) is 0. The number of hydrogen-bond acceptors (Lipinski definition) is 2. The second kappa shape index (κ2) is 6.68. The van der Waals surface area contributed by atoms with Gasteiger partial charge in [0, 0.05) is 12.6 Å². The number of para-hydroxylation sites is 1. The molecule has 0 aliphatic rings. The van der Waals surface area contributed by atoms with E-state index in [0.717, 1.165) is 5.56 Å². The number of rotatable bonds is 5. The molecule has 0 fully saturated rings. The van der Waals surface area contributed by atoms with E-state index in [0.29, 0.717) is 17.9 Å². The van der Waals surface area contributed by atoms with Gasteiger partial charge in [-0.05, 0) is 50.7 Å². The van der Waals surface area contributed by atoms with Crippen molar-refractivity contribution in [3.63, 3.8) is 0 Å². The zero-order valence-corrected chi connectivity index (χ0v) is 12.5. The second-order valence-corrected chi connectivity index (χ2v) is 4.92. The molecular weight excluding hydrogens is 270 g/mol. The molecule has 1 atom stereocenters. The number of halogens is 2. The molecule has 1 N–H and O–H groups in total. The Morgan fingerprint density at radius 1 is 1.05 bits per heavy atom. The third-order valence-electron chi connectivity index (χ3n) is 3.66. The second-order valence-electron chi connectivity index (χ2n) is 4.92. The molecule has 2 rings (SSSR count). The predicted molar refractivity (Wildman–Crippen MR) is 83.0 cm³/mol. The summed E-state index contributed by atoms with van der Waals surface area (Å²) in [7, 11) is 1.83. The van der Waals surface area contributed by atoms with Crippen LogP contribution in [0.1, 0.15) is 25.5 Å². The van der Waals surface area contributed by atoms with Crippen LogP contribution in [0, 0.1) is 11.6 Å². The van der Waals surface area contributed by atoms with E-state index in [4.69, 9.17) is 0 Å². The Bertz CT molecular complexity index is 613. The van der Waals surface area contributed by atoms with Crippen molar-refractivity contribution < 1.29 is 8.78 Å². The molecule has 0 spiro atoms. The van der Waals surface area contributed by atoms with Crippen molar-refractivity contribution in [3.05, 3.63) is 59.7 Å². The van der Waals surface area contributed by atoms with Gasteiger partial charge in [-0.1, -0.05) is 18.2 Å². The normalized spacial score (nSPS) is 12.2. The lowest BCUT2D eigenvalue weighted by molar-refractivity contribution is 0.602. The Morgan fingerprint density at radius 3 is 2.29 bits per heavy atom. The molecule has 0 aliphatic heterocycles. The van der Waals surface area contributed by atoms with E-state index in [1.54, 1.807) is 29.2 Å². The Kier molecular flexibility index (Phi) is 4.91. The smallest absolute Gasteiger partial charge is 0.147 e. The van der Waals surface area contributed by atoms with Gasteiger partial charge in [-0.25, -0.2) is 8.78 Å². The molecule has 2 aromatic rings. The summed E-state index contributed by atoms with van der Waals surface area (Å²) in [5, 5.41) is 3.07. The molecule has 0 aliphatic carbocycles. The molecule has 2 nitrogen and oxygen atoms in total. The van der Waals surface area contributed by atoms with Crippen LogP contribution in [0.25, 0.3) is 0 Å². The van der Waals surface area contributed by atoms with Gasteiger partial charge in [-0.15, -0.1) is 0 Å². The molecule has 21 heavy (non-hydrogen) atoms. The molecule has 2 aromatic carbocycles. The van der Waals surface area contributed by atoms with E-state index in [1.807, 2.05) is 27.0 Å². The molecule has 112 valence electrons. The van der Waals surface area contributed by atoms with Crippen LogP contribution >= 0.6 is 0 Å². The summed E-state index contributed by atoms with van der Waals surface area (Å²) < 4.78 is 28.3. The van der Waals surface area contributed by atoms with Gasteiger partial charge in [-0.2, -0.15) is 0 Å². The Balaban J connectivity index is 2.42. The fourth-order valence-electron chi connectivity index (χ4n) is 2.32. The highest BCUT2D eigenvalue weighted by atomic mass is 19.1. The molecule has 0 saturated heterocycles. The highest BCUT2D eigenvalue weighted by Gasteiger charge is 2.16. The van der Waals surface area contributed by atoms with Crippen LogP contribution in [0.5, 0.6) is 0 Å². The summed E-state index contributed by atoms with van der Waals surface area (Å²) in [4.78, 5) is 1.64. The summed E-state index contributed by atoms with van der Waals surface area (Å²) >= 11 is 0. The van der Waals surface area contributed by atoms with E-state index < -0.39 is 0 Å². The lowest BCUT2D eigenvalue weighted by Crippen LogP contribution is -2.19. The minimum Gasteiger partial charge on any atom is -0.337 e. The first kappa shape index (κ1) is 15.4. The zero-order chi connectivity index (χ0) is 15.4. The average Bonchev–Trinajstić information content (AvgIpc) is 2.50. The van der Waals surface area contributed by atoms with Crippen LogP contribution in [-0.2, 0) is 0 Å². The number of hydrogen-bond donors (Lipinski definition) is 1. The van der Waals surface area contributed by atoms with Crippen LogP contribution < -0.4 is 10.2 Å². The van der Waals surface area contributed by atoms with E-state index >= 15 is 0 Å². The fraction of sp³-hybridized carbons (Fsp3) is 0.294. The van der Waals surface area contributed by atoms with Gasteiger partial charge in [0.2, 0.25) is 0 Å². The van der Waals surface area contributed by atoms with Crippen LogP contribution in [0.3, 0.4) is 0 Å². The maximum atomic E-state index is 14.4. The summed E-state index contributed by atoms with van der Waals surface area (Å²) in [6, 6.07) is 11.5. The highest BCUT2D eigenvalue weighted by molar-refractivity contribution is 5.64. The van der Waals surface area contributed by atoms with Gasteiger partial charge >= 0.3 is 0 Å². The van der Waals surface area contributed by atoms with Crippen LogP contribution in [0.2, 0.25) is 0 Å². The average molecular weight is 290 g/mol. The molecule has 0 amide bonds. The van der Waals surface area contributed by atoms with Crippen LogP contribution in [0.4, 0.5) is 20.2 Å². The number of anilines is 2. The fourth-order valence-corrected chi connectivity index (χ4v) is 2.32. The molecular formula is C17H20F2N2. The molecule has 1 unspecified atom stereocenters. The summed E-state index contributed by atoms with van der Waals surface area (Å²) in [5.41, 5.74) is 1.63. The van der Waals surface area contributed by atoms with Gasteiger partial charge < -0.3 is 10.2 Å². The minimum atomic E-state index is -0.355. The van der Waals surface area contributed by atoms with Crippen molar-refractivity contribution in [1.29, 1.82) is 0 Å². The van der Waals surface area contributed by atoms with E-state index in [-0.39, 0.29) is 17.7 Å². The zero-order valence-electron chi connectivity index (χ0n) is 12.5. The Labute approximate surface area is 124 Å². The lowest BCUT2D eigenvalue weighted by atomic mass is 10.1. The van der Waals surface area contributed by atoms with Crippen molar-refractivity contribution in [2.45, 2.75) is 19.9 Å². The third kappa shape index (κ3) is 3.22. The predicted octanol–water partition coefficient (Wildman–Crippen LogP) is 4.40. The first-order valence-corrected chi connectivity index (χ1v) is 7.07. The van der Waals surface area contributed by atoms with Crippen molar-refractivity contribution in [3.8, 4) is 0 Å². The quantitative estimate of drug-likeness (QED) is 0.878. The molecule has 0 saturated carbocycles. The van der Waals surface area contributed by atoms with Crippen molar-refractivity contribution in [2.75, 3.05) is 18.5 Å².